The van der Waals surface area contributed by atoms with Crippen molar-refractivity contribution in [2.24, 2.45) is 7.05 Å². The number of rotatable bonds is 5. The number of aryl methyl sites for hydroxylation is 2. The average Bonchev–Trinajstić information content (AvgIpc) is 4.05. The molecule has 5 nitrogen and oxygen atoms in total. The van der Waals surface area contributed by atoms with E-state index in [1.54, 1.807) is 0 Å². The maximum Gasteiger partial charge on any atom is 0.299 e. The number of imidazole rings is 1. The summed E-state index contributed by atoms with van der Waals surface area (Å²) < 4.78 is 19.9. The van der Waals surface area contributed by atoms with Gasteiger partial charge in [-0.05, 0) is 127 Å². The monoisotopic (exact) mass is 1020 g/mol. The predicted molar refractivity (Wildman–Crippen MR) is 330 cm³/mol. The van der Waals surface area contributed by atoms with Gasteiger partial charge in [0.15, 0.2) is 16.6 Å². The van der Waals surface area contributed by atoms with Crippen LogP contribution in [0.5, 0.6) is 11.5 Å². The highest BCUT2D eigenvalue weighted by Gasteiger charge is 2.49. The summed E-state index contributed by atoms with van der Waals surface area (Å²) in [6.45, 7) is 37.4. The van der Waals surface area contributed by atoms with Crippen LogP contribution < -0.4 is 30.6 Å². The number of anilines is 3. The van der Waals surface area contributed by atoms with Crippen molar-refractivity contribution in [2.75, 3.05) is 4.90 Å². The van der Waals surface area contributed by atoms with Crippen LogP contribution >= 0.6 is 0 Å². The highest BCUT2D eigenvalue weighted by molar-refractivity contribution is 6.99. The fourth-order valence-corrected chi connectivity index (χ4v) is 13.6. The molecule has 0 bridgehead atoms. The summed E-state index contributed by atoms with van der Waals surface area (Å²) >= 11 is 0. The molecule has 0 saturated carbocycles. The lowest BCUT2D eigenvalue weighted by Crippen LogP contribution is -2.61. The van der Waals surface area contributed by atoms with Gasteiger partial charge in [0.1, 0.15) is 28.3 Å². The number of fused-ring (bicyclic) bond motifs is 10. The van der Waals surface area contributed by atoms with Crippen LogP contribution in [0.2, 0.25) is 0 Å². The Morgan fingerprint density at radius 1 is 0.564 bits per heavy atom. The van der Waals surface area contributed by atoms with E-state index in [-0.39, 0.29) is 28.4 Å². The maximum absolute atomic E-state index is 7.59. The van der Waals surface area contributed by atoms with Crippen molar-refractivity contribution in [3.8, 4) is 39.7 Å². The molecule has 392 valence electrons. The van der Waals surface area contributed by atoms with E-state index in [0.717, 1.165) is 67.2 Å². The lowest BCUT2D eigenvalue weighted by molar-refractivity contribution is -0.633. The molecule has 2 aromatic heterocycles. The third kappa shape index (κ3) is 7.23. The number of para-hydroxylation sites is 4. The van der Waals surface area contributed by atoms with Gasteiger partial charge in [-0.1, -0.05) is 201 Å². The number of hydrogen-bond donors (Lipinski definition) is 0. The SMILES string of the molecule is Cc1ccc2c(oc3c(-c4cc5c6c(c4)N4c7ccc(C(C)(C)C)cc7C(C)(C)c7cc(C(C)(C)C)cc(c74)B6c4cc(C(C)(C)C)ccc4O5)cccc32)c1-c1n(-c2c(C(C)C)cccc2C(C)C)c2ccccc2[n+]1C. The average molecular weight is 1030 g/mol. The molecule has 0 radical (unpaired) electrons. The molecule has 0 aliphatic carbocycles. The van der Waals surface area contributed by atoms with Crippen LogP contribution in [0.3, 0.4) is 0 Å². The molecular weight excluding hydrogens is 950 g/mol. The van der Waals surface area contributed by atoms with E-state index < -0.39 is 0 Å². The Hall–Kier alpha value is -7.31. The van der Waals surface area contributed by atoms with Crippen molar-refractivity contribution in [1.29, 1.82) is 0 Å². The van der Waals surface area contributed by atoms with Crippen LogP contribution in [0.1, 0.15) is 160 Å². The zero-order chi connectivity index (χ0) is 55.0. The summed E-state index contributed by atoms with van der Waals surface area (Å²) in [7, 11) is 2.22. The Morgan fingerprint density at radius 2 is 1.19 bits per heavy atom. The van der Waals surface area contributed by atoms with Gasteiger partial charge in [0.2, 0.25) is 0 Å². The Kier molecular flexibility index (Phi) is 10.8. The minimum atomic E-state index is -0.289. The highest BCUT2D eigenvalue weighted by atomic mass is 16.5. The molecule has 0 amide bonds. The number of furan rings is 1. The lowest BCUT2D eigenvalue weighted by Gasteiger charge is -2.49. The lowest BCUT2D eigenvalue weighted by atomic mass is 9.33. The largest absolute Gasteiger partial charge is 0.458 e. The van der Waals surface area contributed by atoms with E-state index in [2.05, 4.69) is 265 Å². The van der Waals surface area contributed by atoms with E-state index in [1.165, 1.54) is 83.4 Å². The second-order valence-electron chi connectivity index (χ2n) is 27.3. The highest BCUT2D eigenvalue weighted by Crippen LogP contribution is 2.56. The Morgan fingerprint density at radius 3 is 1.88 bits per heavy atom. The van der Waals surface area contributed by atoms with Gasteiger partial charge in [-0.25, -0.2) is 4.57 Å². The molecule has 8 aromatic carbocycles. The Bertz CT molecular complexity index is 4170. The first-order valence-corrected chi connectivity index (χ1v) is 28.6. The van der Waals surface area contributed by atoms with Crippen LogP contribution in [0.25, 0.3) is 61.2 Å². The van der Waals surface area contributed by atoms with E-state index >= 15 is 0 Å². The van der Waals surface area contributed by atoms with Crippen LogP contribution in [0.15, 0.2) is 138 Å². The third-order valence-corrected chi connectivity index (χ3v) is 18.0. The van der Waals surface area contributed by atoms with Crippen molar-refractivity contribution >= 4 is 73.1 Å². The summed E-state index contributed by atoms with van der Waals surface area (Å²) in [6.07, 6.45) is 0. The number of hydrogen-bond acceptors (Lipinski definition) is 3. The quantitative estimate of drug-likeness (QED) is 0.127. The van der Waals surface area contributed by atoms with E-state index in [9.17, 15) is 0 Å². The summed E-state index contributed by atoms with van der Waals surface area (Å²) in [4.78, 5) is 2.62. The summed E-state index contributed by atoms with van der Waals surface area (Å²) in [5.41, 5.74) is 26.1. The van der Waals surface area contributed by atoms with Crippen molar-refractivity contribution in [3.05, 3.63) is 178 Å². The first-order chi connectivity index (χ1) is 36.8. The molecule has 0 spiro atoms. The molecule has 6 heteroatoms. The topological polar surface area (TPSA) is 34.4 Å². The molecule has 0 atom stereocenters. The zero-order valence-corrected chi connectivity index (χ0v) is 49.1. The molecule has 3 aliphatic heterocycles. The van der Waals surface area contributed by atoms with Gasteiger partial charge in [0, 0.05) is 44.3 Å². The number of benzene rings is 8. The summed E-state index contributed by atoms with van der Waals surface area (Å²) in [5, 5.41) is 2.19. The van der Waals surface area contributed by atoms with Gasteiger partial charge in [-0.2, -0.15) is 4.57 Å². The second kappa shape index (κ2) is 16.9. The molecule has 0 N–H and O–H groups in total. The molecular formula is C72H75BN3O2+. The Balaban J connectivity index is 1.10. The maximum atomic E-state index is 7.59. The van der Waals surface area contributed by atoms with E-state index in [4.69, 9.17) is 9.15 Å². The first kappa shape index (κ1) is 50.2. The van der Waals surface area contributed by atoms with Crippen molar-refractivity contribution in [2.45, 2.75) is 144 Å². The van der Waals surface area contributed by atoms with Crippen LogP contribution in [-0.2, 0) is 28.7 Å². The third-order valence-electron chi connectivity index (χ3n) is 18.0. The van der Waals surface area contributed by atoms with Crippen LogP contribution in [0, 0.1) is 6.92 Å². The molecule has 13 rings (SSSR count). The number of nitrogens with zero attached hydrogens (tertiary/aromatic N) is 3. The first-order valence-electron chi connectivity index (χ1n) is 28.6. The van der Waals surface area contributed by atoms with Crippen molar-refractivity contribution < 1.29 is 13.7 Å². The minimum absolute atomic E-state index is 0.0224. The molecule has 5 heterocycles. The van der Waals surface area contributed by atoms with Gasteiger partial charge >= 0.3 is 0 Å². The van der Waals surface area contributed by atoms with E-state index in [0.29, 0.717) is 11.8 Å². The van der Waals surface area contributed by atoms with Gasteiger partial charge in [0.25, 0.3) is 12.5 Å². The molecule has 10 aromatic rings. The number of aromatic nitrogens is 2. The van der Waals surface area contributed by atoms with E-state index in [1.807, 2.05) is 0 Å². The summed E-state index contributed by atoms with van der Waals surface area (Å²) in [5.74, 6) is 3.53. The number of ether oxygens (including phenoxy) is 1. The fourth-order valence-electron chi connectivity index (χ4n) is 13.6. The molecule has 0 unspecified atom stereocenters. The molecule has 0 saturated heterocycles. The standard InChI is InChI=1S/C72H75BN3O2/c1-40(2)47-22-20-23-48(41(3)4)64(47)76-58-27-19-18-26-57(58)74(17)68(76)62-42(5)28-31-51-50-25-21-24-49(66(50)78-67(51)62)43-34-59-63-61(35-43)77-60-33-30-45(70(9,10)11)38-54(60)73(63)55-39-46(71(12,13)14)37-53-65(55)75(59)56-32-29-44(69(6,7)8)36-52(56)72(53,15)16/h18-41H,1-17H3/q+1. The Labute approximate surface area is 463 Å². The van der Waals surface area contributed by atoms with Gasteiger partial charge in [0.05, 0.1) is 12.7 Å². The smallest absolute Gasteiger partial charge is 0.299 e. The molecule has 78 heavy (non-hydrogen) atoms. The zero-order valence-electron chi connectivity index (χ0n) is 49.1. The predicted octanol–water partition coefficient (Wildman–Crippen LogP) is 17.2. The van der Waals surface area contributed by atoms with Gasteiger partial charge in [-0.3, -0.25) is 0 Å². The fraction of sp³-hybridized carbons (Fsp3) is 0.319. The van der Waals surface area contributed by atoms with Gasteiger partial charge in [-0.15, -0.1) is 0 Å². The van der Waals surface area contributed by atoms with Gasteiger partial charge < -0.3 is 14.1 Å². The molecule has 3 aliphatic rings. The summed E-state index contributed by atoms with van der Waals surface area (Å²) in [6, 6.07) is 51.1. The molecule has 0 fully saturated rings. The normalized spacial score (nSPS) is 14.6. The van der Waals surface area contributed by atoms with Crippen LogP contribution in [-0.4, -0.2) is 11.3 Å². The van der Waals surface area contributed by atoms with Crippen LogP contribution in [0.4, 0.5) is 17.1 Å². The second-order valence-corrected chi connectivity index (χ2v) is 27.3. The van der Waals surface area contributed by atoms with Crippen molar-refractivity contribution in [1.82, 2.24) is 4.57 Å². The van der Waals surface area contributed by atoms with Crippen molar-refractivity contribution in [3.63, 3.8) is 0 Å². The minimum Gasteiger partial charge on any atom is -0.458 e.